The van der Waals surface area contributed by atoms with Crippen molar-refractivity contribution in [1.29, 1.82) is 0 Å². The zero-order valence-corrected chi connectivity index (χ0v) is 12.2. The van der Waals surface area contributed by atoms with Crippen LogP contribution in [0.3, 0.4) is 0 Å². The molecule has 5 heteroatoms. The monoisotopic (exact) mass is 287 g/mol. The first kappa shape index (κ1) is 13.2. The molecule has 0 bridgehead atoms. The Morgan fingerprint density at radius 2 is 2.20 bits per heavy atom. The molecule has 0 aromatic heterocycles. The molecule has 104 valence electrons. The molecule has 0 aliphatic carbocycles. The first-order valence-corrected chi connectivity index (χ1v) is 7.75. The van der Waals surface area contributed by atoms with Crippen molar-refractivity contribution >= 4 is 34.2 Å². The second kappa shape index (κ2) is 5.71. The number of hydrogen-bond donors (Lipinski definition) is 1. The van der Waals surface area contributed by atoms with Crippen LogP contribution in [-0.4, -0.2) is 29.1 Å². The van der Waals surface area contributed by atoms with Crippen LogP contribution in [0.5, 0.6) is 0 Å². The van der Waals surface area contributed by atoms with Crippen LogP contribution < -0.4 is 5.32 Å². The van der Waals surface area contributed by atoms with Crippen LogP contribution in [-0.2, 0) is 4.79 Å². The predicted molar refractivity (Wildman–Crippen MR) is 84.6 cm³/mol. The average molecular weight is 287 g/mol. The summed E-state index contributed by atoms with van der Waals surface area (Å²) in [6, 6.07) is 8.02. The van der Waals surface area contributed by atoms with Gasteiger partial charge in [-0.3, -0.25) is 9.79 Å². The Balaban J connectivity index is 1.71. The van der Waals surface area contributed by atoms with Crippen molar-refractivity contribution < 1.29 is 4.79 Å². The molecule has 0 atom stereocenters. The van der Waals surface area contributed by atoms with Gasteiger partial charge in [-0.05, 0) is 24.1 Å². The van der Waals surface area contributed by atoms with Crippen LogP contribution >= 0.6 is 11.8 Å². The van der Waals surface area contributed by atoms with Crippen molar-refractivity contribution in [3.05, 3.63) is 35.2 Å². The molecule has 0 saturated carbocycles. The molecule has 1 aromatic rings. The SMILES string of the molecule is CCCC(=O)Nc1ccc(C2=CSC3=NCCN23)cc1. The Morgan fingerprint density at radius 3 is 2.95 bits per heavy atom. The molecule has 2 aliphatic heterocycles. The number of amidine groups is 1. The van der Waals surface area contributed by atoms with E-state index in [2.05, 4.69) is 32.7 Å². The number of carbonyl (C=O) groups is 1. The zero-order valence-electron chi connectivity index (χ0n) is 11.4. The summed E-state index contributed by atoms with van der Waals surface area (Å²) in [7, 11) is 0. The number of nitrogens with zero attached hydrogens (tertiary/aromatic N) is 2. The fourth-order valence-corrected chi connectivity index (χ4v) is 3.28. The number of fused-ring (bicyclic) bond motifs is 1. The van der Waals surface area contributed by atoms with Crippen LogP contribution in [0.1, 0.15) is 25.3 Å². The maximum atomic E-state index is 11.6. The minimum absolute atomic E-state index is 0.0739. The van der Waals surface area contributed by atoms with Crippen molar-refractivity contribution in [2.75, 3.05) is 18.4 Å². The molecule has 1 aromatic carbocycles. The Hall–Kier alpha value is -1.75. The number of anilines is 1. The fourth-order valence-electron chi connectivity index (χ4n) is 2.32. The van der Waals surface area contributed by atoms with E-state index in [-0.39, 0.29) is 5.91 Å². The van der Waals surface area contributed by atoms with Gasteiger partial charge in [0.25, 0.3) is 0 Å². The maximum absolute atomic E-state index is 11.6. The molecule has 1 N–H and O–H groups in total. The van der Waals surface area contributed by atoms with E-state index in [0.29, 0.717) is 6.42 Å². The molecule has 4 nitrogen and oxygen atoms in total. The molecule has 2 aliphatic rings. The molecular weight excluding hydrogens is 270 g/mol. The summed E-state index contributed by atoms with van der Waals surface area (Å²) in [5, 5.41) is 6.15. The lowest BCUT2D eigenvalue weighted by molar-refractivity contribution is -0.116. The first-order chi connectivity index (χ1) is 9.78. The summed E-state index contributed by atoms with van der Waals surface area (Å²) in [5.74, 6) is 0.0739. The number of hydrogen-bond acceptors (Lipinski definition) is 4. The largest absolute Gasteiger partial charge is 0.326 e. The van der Waals surface area contributed by atoms with E-state index in [1.54, 1.807) is 11.8 Å². The van der Waals surface area contributed by atoms with Crippen molar-refractivity contribution in [2.45, 2.75) is 19.8 Å². The van der Waals surface area contributed by atoms with Gasteiger partial charge >= 0.3 is 0 Å². The summed E-state index contributed by atoms with van der Waals surface area (Å²) >= 11 is 1.68. The van der Waals surface area contributed by atoms with E-state index >= 15 is 0 Å². The molecule has 20 heavy (non-hydrogen) atoms. The van der Waals surface area contributed by atoms with E-state index in [0.717, 1.165) is 35.9 Å². The van der Waals surface area contributed by atoms with E-state index in [1.165, 1.54) is 5.70 Å². The highest BCUT2D eigenvalue weighted by molar-refractivity contribution is 8.16. The number of benzene rings is 1. The van der Waals surface area contributed by atoms with Crippen LogP contribution in [0.15, 0.2) is 34.7 Å². The van der Waals surface area contributed by atoms with Gasteiger partial charge in [0.15, 0.2) is 5.17 Å². The van der Waals surface area contributed by atoms with E-state index in [1.807, 2.05) is 19.1 Å². The van der Waals surface area contributed by atoms with Crippen molar-refractivity contribution in [3.63, 3.8) is 0 Å². The number of thioether (sulfide) groups is 1. The smallest absolute Gasteiger partial charge is 0.224 e. The lowest BCUT2D eigenvalue weighted by atomic mass is 10.1. The molecule has 0 radical (unpaired) electrons. The van der Waals surface area contributed by atoms with Crippen LogP contribution in [0.25, 0.3) is 5.70 Å². The molecule has 0 fully saturated rings. The highest BCUT2D eigenvalue weighted by Gasteiger charge is 2.26. The van der Waals surface area contributed by atoms with Crippen molar-refractivity contribution in [2.24, 2.45) is 4.99 Å². The third-order valence-electron chi connectivity index (χ3n) is 3.31. The molecule has 3 rings (SSSR count). The lowest BCUT2D eigenvalue weighted by Gasteiger charge is -2.16. The van der Waals surface area contributed by atoms with Gasteiger partial charge in [-0.15, -0.1) is 0 Å². The molecular formula is C15H17N3OS. The van der Waals surface area contributed by atoms with Crippen LogP contribution in [0.2, 0.25) is 0 Å². The minimum atomic E-state index is 0.0739. The summed E-state index contributed by atoms with van der Waals surface area (Å²) in [4.78, 5) is 18.2. The quantitative estimate of drug-likeness (QED) is 0.925. The highest BCUT2D eigenvalue weighted by Crippen LogP contribution is 2.35. The van der Waals surface area contributed by atoms with E-state index in [9.17, 15) is 4.79 Å². The van der Waals surface area contributed by atoms with Gasteiger partial charge in [0, 0.05) is 24.1 Å². The Bertz CT molecular complexity index is 577. The van der Waals surface area contributed by atoms with Crippen molar-refractivity contribution in [1.82, 2.24) is 4.90 Å². The van der Waals surface area contributed by atoms with E-state index < -0.39 is 0 Å². The summed E-state index contributed by atoms with van der Waals surface area (Å²) < 4.78 is 0. The van der Waals surface area contributed by atoms with Crippen LogP contribution in [0, 0.1) is 0 Å². The zero-order chi connectivity index (χ0) is 13.9. The second-order valence-electron chi connectivity index (χ2n) is 4.81. The molecule has 1 amide bonds. The number of amides is 1. The standard InChI is InChI=1S/C15H17N3OS/c1-2-3-14(19)17-12-6-4-11(5-7-12)13-10-20-15-16-8-9-18(13)15/h4-7,10H,2-3,8-9H2,1H3,(H,17,19). The maximum Gasteiger partial charge on any atom is 0.224 e. The summed E-state index contributed by atoms with van der Waals surface area (Å²) in [6.45, 7) is 3.84. The lowest BCUT2D eigenvalue weighted by Crippen LogP contribution is -2.19. The van der Waals surface area contributed by atoms with Gasteiger partial charge in [-0.25, -0.2) is 0 Å². The summed E-state index contributed by atoms with van der Waals surface area (Å²) in [5.41, 5.74) is 3.23. The van der Waals surface area contributed by atoms with Gasteiger partial charge in [-0.2, -0.15) is 0 Å². The Labute approximate surface area is 123 Å². The highest BCUT2D eigenvalue weighted by atomic mass is 32.2. The minimum Gasteiger partial charge on any atom is -0.326 e. The third-order valence-corrected chi connectivity index (χ3v) is 4.21. The van der Waals surface area contributed by atoms with Gasteiger partial charge in [0.05, 0.1) is 12.2 Å². The third kappa shape index (κ3) is 2.58. The summed E-state index contributed by atoms with van der Waals surface area (Å²) in [6.07, 6.45) is 1.43. The number of carbonyl (C=O) groups excluding carboxylic acids is 1. The average Bonchev–Trinajstić information content (AvgIpc) is 3.02. The number of nitrogens with one attached hydrogen (secondary N) is 1. The van der Waals surface area contributed by atoms with Crippen LogP contribution in [0.4, 0.5) is 5.69 Å². The molecule has 0 saturated heterocycles. The molecule has 2 heterocycles. The Kier molecular flexibility index (Phi) is 3.78. The van der Waals surface area contributed by atoms with Gasteiger partial charge in [0.2, 0.25) is 5.91 Å². The van der Waals surface area contributed by atoms with Crippen molar-refractivity contribution in [3.8, 4) is 0 Å². The first-order valence-electron chi connectivity index (χ1n) is 6.87. The topological polar surface area (TPSA) is 44.7 Å². The van der Waals surface area contributed by atoms with E-state index in [4.69, 9.17) is 0 Å². The fraction of sp³-hybridized carbons (Fsp3) is 0.333. The van der Waals surface area contributed by atoms with Gasteiger partial charge in [-0.1, -0.05) is 30.8 Å². The Morgan fingerprint density at radius 1 is 1.40 bits per heavy atom. The normalized spacial score (nSPS) is 16.8. The molecule has 0 spiro atoms. The second-order valence-corrected chi connectivity index (χ2v) is 5.65. The number of aliphatic imine (C=N–C) groups is 1. The molecule has 0 unspecified atom stereocenters. The van der Waals surface area contributed by atoms with Gasteiger partial charge < -0.3 is 10.2 Å². The predicted octanol–water partition coefficient (Wildman–Crippen LogP) is 3.14. The number of rotatable bonds is 4. The van der Waals surface area contributed by atoms with Gasteiger partial charge in [0.1, 0.15) is 0 Å².